The predicted molar refractivity (Wildman–Crippen MR) is 80.5 cm³/mol. The van der Waals surface area contributed by atoms with E-state index >= 15 is 0 Å². The molecule has 22 heavy (non-hydrogen) atoms. The Kier molecular flexibility index (Phi) is 5.48. The molecule has 1 heterocycles. The molecule has 1 saturated heterocycles. The Bertz CT molecular complexity index is 550. The third-order valence-corrected chi connectivity index (χ3v) is 3.25. The predicted octanol–water partition coefficient (Wildman–Crippen LogP) is 0.234. The van der Waals surface area contributed by atoms with E-state index in [1.807, 2.05) is 0 Å². The van der Waals surface area contributed by atoms with Crippen LogP contribution in [0.2, 0.25) is 0 Å². The van der Waals surface area contributed by atoms with E-state index in [0.29, 0.717) is 44.0 Å². The first-order valence-electron chi connectivity index (χ1n) is 7.20. The first-order chi connectivity index (χ1) is 10.6. The van der Waals surface area contributed by atoms with Crippen molar-refractivity contribution in [2.24, 2.45) is 0 Å². The lowest BCUT2D eigenvalue weighted by Crippen LogP contribution is -2.49. The van der Waals surface area contributed by atoms with Gasteiger partial charge >= 0.3 is 17.8 Å². The van der Waals surface area contributed by atoms with Crippen LogP contribution in [0.15, 0.2) is 24.3 Å². The summed E-state index contributed by atoms with van der Waals surface area (Å²) in [6.07, 6.45) is 0. The summed E-state index contributed by atoms with van der Waals surface area (Å²) in [5.41, 5.74) is 0.856. The molecule has 1 aromatic carbocycles. The number of amides is 2. The van der Waals surface area contributed by atoms with Crippen LogP contribution in [0.4, 0.5) is 5.69 Å². The number of carbonyl (C=O) groups excluding carboxylic acids is 3. The van der Waals surface area contributed by atoms with Crippen LogP contribution in [0.5, 0.6) is 0 Å². The van der Waals surface area contributed by atoms with Crippen LogP contribution in [0.1, 0.15) is 17.3 Å². The summed E-state index contributed by atoms with van der Waals surface area (Å²) in [6, 6.07) is 6.22. The van der Waals surface area contributed by atoms with Crippen LogP contribution >= 0.6 is 0 Å². The third kappa shape index (κ3) is 4.05. The maximum Gasteiger partial charge on any atom is 0.338 e. The normalized spacial score (nSPS) is 14.3. The van der Waals surface area contributed by atoms with Crippen LogP contribution in [-0.2, 0) is 14.3 Å². The molecule has 118 valence electrons. The largest absolute Gasteiger partial charge is 0.462 e. The van der Waals surface area contributed by atoms with Gasteiger partial charge in [-0.1, -0.05) is 0 Å². The summed E-state index contributed by atoms with van der Waals surface area (Å²) < 4.78 is 4.87. The molecule has 0 aromatic heterocycles. The number of hydrogen-bond donors (Lipinski definition) is 2. The van der Waals surface area contributed by atoms with Gasteiger partial charge in [0.05, 0.1) is 12.2 Å². The summed E-state index contributed by atoms with van der Waals surface area (Å²) in [6.45, 7) is 4.45. The molecule has 0 atom stereocenters. The summed E-state index contributed by atoms with van der Waals surface area (Å²) in [4.78, 5) is 36.9. The van der Waals surface area contributed by atoms with Crippen molar-refractivity contribution in [3.63, 3.8) is 0 Å². The average molecular weight is 305 g/mol. The molecule has 0 spiro atoms. The summed E-state index contributed by atoms with van der Waals surface area (Å²) in [5.74, 6) is -1.64. The Morgan fingerprint density at radius 1 is 1.18 bits per heavy atom. The molecule has 2 rings (SSSR count). The lowest BCUT2D eigenvalue weighted by atomic mass is 10.2. The van der Waals surface area contributed by atoms with Crippen LogP contribution in [0, 0.1) is 0 Å². The molecule has 1 aromatic rings. The maximum absolute atomic E-state index is 12.0. The van der Waals surface area contributed by atoms with Gasteiger partial charge < -0.3 is 20.3 Å². The van der Waals surface area contributed by atoms with Gasteiger partial charge in [-0.15, -0.1) is 0 Å². The zero-order chi connectivity index (χ0) is 15.9. The molecular formula is C15H19N3O4. The quantitative estimate of drug-likeness (QED) is 0.617. The summed E-state index contributed by atoms with van der Waals surface area (Å²) in [7, 11) is 0. The topological polar surface area (TPSA) is 87.7 Å². The minimum absolute atomic E-state index is 0.302. The zero-order valence-electron chi connectivity index (χ0n) is 12.4. The number of ether oxygens (including phenoxy) is 1. The van der Waals surface area contributed by atoms with E-state index in [1.54, 1.807) is 31.2 Å². The number of carbonyl (C=O) groups is 3. The minimum Gasteiger partial charge on any atom is -0.462 e. The van der Waals surface area contributed by atoms with E-state index in [2.05, 4.69) is 10.6 Å². The second-order valence-corrected chi connectivity index (χ2v) is 4.79. The standard InChI is InChI=1S/C15H19N3O4/c1-2-22-15(21)11-3-5-12(6-4-11)17-13(19)14(20)18-9-7-16-8-10-18/h3-6,16H,2,7-10H2,1H3,(H,17,19). The number of nitrogens with one attached hydrogen (secondary N) is 2. The molecule has 0 radical (unpaired) electrons. The third-order valence-electron chi connectivity index (χ3n) is 3.25. The fraction of sp³-hybridized carbons (Fsp3) is 0.400. The maximum atomic E-state index is 12.0. The van der Waals surface area contributed by atoms with Gasteiger partial charge in [-0.2, -0.15) is 0 Å². The molecule has 1 aliphatic rings. The van der Waals surface area contributed by atoms with Crippen molar-refractivity contribution in [1.82, 2.24) is 10.2 Å². The average Bonchev–Trinajstić information content (AvgIpc) is 2.55. The van der Waals surface area contributed by atoms with Gasteiger partial charge in [0.2, 0.25) is 0 Å². The molecule has 2 N–H and O–H groups in total. The van der Waals surface area contributed by atoms with Gasteiger partial charge in [0.15, 0.2) is 0 Å². The fourth-order valence-electron chi connectivity index (χ4n) is 2.10. The first kappa shape index (κ1) is 16.0. The van der Waals surface area contributed by atoms with E-state index in [-0.39, 0.29) is 0 Å². The van der Waals surface area contributed by atoms with Gasteiger partial charge in [-0.25, -0.2) is 4.79 Å². The SMILES string of the molecule is CCOC(=O)c1ccc(NC(=O)C(=O)N2CCNCC2)cc1. The van der Waals surface area contributed by atoms with Gasteiger partial charge in [-0.3, -0.25) is 9.59 Å². The molecular weight excluding hydrogens is 286 g/mol. The van der Waals surface area contributed by atoms with Crippen molar-refractivity contribution in [2.75, 3.05) is 38.1 Å². The second-order valence-electron chi connectivity index (χ2n) is 4.79. The Morgan fingerprint density at radius 3 is 2.41 bits per heavy atom. The molecule has 7 nitrogen and oxygen atoms in total. The van der Waals surface area contributed by atoms with Crippen molar-refractivity contribution in [2.45, 2.75) is 6.92 Å². The number of rotatable bonds is 3. The number of benzene rings is 1. The van der Waals surface area contributed by atoms with Gasteiger partial charge in [-0.05, 0) is 31.2 Å². The number of anilines is 1. The number of hydrogen-bond acceptors (Lipinski definition) is 5. The number of esters is 1. The highest BCUT2D eigenvalue weighted by molar-refractivity contribution is 6.39. The molecule has 2 amide bonds. The van der Waals surface area contributed by atoms with Gasteiger partial charge in [0, 0.05) is 31.9 Å². The van der Waals surface area contributed by atoms with Crippen LogP contribution in [0.3, 0.4) is 0 Å². The Balaban J connectivity index is 1.93. The van der Waals surface area contributed by atoms with E-state index in [9.17, 15) is 14.4 Å². The lowest BCUT2D eigenvalue weighted by Gasteiger charge is -2.26. The van der Waals surface area contributed by atoms with E-state index < -0.39 is 17.8 Å². The van der Waals surface area contributed by atoms with Crippen LogP contribution in [-0.4, -0.2) is 55.5 Å². The molecule has 0 saturated carbocycles. The Hall–Kier alpha value is -2.41. The Labute approximate surface area is 128 Å². The smallest absolute Gasteiger partial charge is 0.338 e. The molecule has 1 fully saturated rings. The second kappa shape index (κ2) is 7.56. The zero-order valence-corrected chi connectivity index (χ0v) is 12.4. The van der Waals surface area contributed by atoms with E-state index in [4.69, 9.17) is 4.74 Å². The van der Waals surface area contributed by atoms with Crippen molar-refractivity contribution in [1.29, 1.82) is 0 Å². The minimum atomic E-state index is -0.675. The van der Waals surface area contributed by atoms with Gasteiger partial charge in [0.1, 0.15) is 0 Å². The highest BCUT2D eigenvalue weighted by atomic mass is 16.5. The molecule has 1 aliphatic heterocycles. The molecule has 0 unspecified atom stereocenters. The monoisotopic (exact) mass is 305 g/mol. The van der Waals surface area contributed by atoms with Crippen molar-refractivity contribution in [3.05, 3.63) is 29.8 Å². The highest BCUT2D eigenvalue weighted by Gasteiger charge is 2.23. The lowest BCUT2D eigenvalue weighted by molar-refractivity contribution is -0.143. The van der Waals surface area contributed by atoms with Crippen molar-refractivity contribution in [3.8, 4) is 0 Å². The van der Waals surface area contributed by atoms with Crippen LogP contribution < -0.4 is 10.6 Å². The summed E-state index contributed by atoms with van der Waals surface area (Å²) >= 11 is 0. The summed E-state index contributed by atoms with van der Waals surface area (Å²) in [5, 5.41) is 5.65. The first-order valence-corrected chi connectivity index (χ1v) is 7.20. The van der Waals surface area contributed by atoms with Crippen molar-refractivity contribution < 1.29 is 19.1 Å². The van der Waals surface area contributed by atoms with Crippen LogP contribution in [0.25, 0.3) is 0 Å². The number of nitrogens with zero attached hydrogens (tertiary/aromatic N) is 1. The van der Waals surface area contributed by atoms with E-state index in [1.165, 1.54) is 4.90 Å². The fourth-order valence-corrected chi connectivity index (χ4v) is 2.10. The molecule has 0 bridgehead atoms. The highest BCUT2D eigenvalue weighted by Crippen LogP contribution is 2.11. The van der Waals surface area contributed by atoms with E-state index in [0.717, 1.165) is 0 Å². The van der Waals surface area contributed by atoms with Gasteiger partial charge in [0.25, 0.3) is 0 Å². The number of piperazine rings is 1. The Morgan fingerprint density at radius 2 is 1.82 bits per heavy atom. The molecule has 0 aliphatic carbocycles. The molecule has 7 heteroatoms. The van der Waals surface area contributed by atoms with Crippen molar-refractivity contribution >= 4 is 23.5 Å².